The van der Waals surface area contributed by atoms with E-state index in [9.17, 15) is 0 Å². The Bertz CT molecular complexity index is 253. The third kappa shape index (κ3) is 1.45. The van der Waals surface area contributed by atoms with Gasteiger partial charge in [0.05, 0.1) is 0 Å². The fraction of sp³-hybridized carbons (Fsp3) is 1.00. The first kappa shape index (κ1) is 10.1. The number of fused-ring (bicyclic) bond motifs is 1. The first-order valence-electron chi connectivity index (χ1n) is 6.62. The second-order valence-electron chi connectivity index (χ2n) is 6.38. The molecule has 3 atom stereocenters. The van der Waals surface area contributed by atoms with E-state index in [4.69, 9.17) is 5.73 Å². The Kier molecular flexibility index (Phi) is 2.16. The van der Waals surface area contributed by atoms with Gasteiger partial charge in [0.1, 0.15) is 0 Å². The predicted molar refractivity (Wildman–Crippen MR) is 62.6 cm³/mol. The van der Waals surface area contributed by atoms with Gasteiger partial charge < -0.3 is 10.6 Å². The highest BCUT2D eigenvalue weighted by molar-refractivity contribution is 5.12. The molecule has 2 saturated carbocycles. The summed E-state index contributed by atoms with van der Waals surface area (Å²) in [4.78, 5) is 2.61. The Balaban J connectivity index is 1.66. The van der Waals surface area contributed by atoms with Crippen LogP contribution in [0.15, 0.2) is 0 Å². The summed E-state index contributed by atoms with van der Waals surface area (Å²) in [6, 6.07) is 1.26. The van der Waals surface area contributed by atoms with Crippen LogP contribution in [0.2, 0.25) is 0 Å². The van der Waals surface area contributed by atoms with Gasteiger partial charge in [-0.1, -0.05) is 0 Å². The van der Waals surface area contributed by atoms with E-state index in [2.05, 4.69) is 18.7 Å². The molecule has 0 amide bonds. The minimum atomic E-state index is 0.539. The molecular weight excluding hydrogens is 184 g/mol. The average Bonchev–Trinajstić information content (AvgIpc) is 2.91. The predicted octanol–water partition coefficient (Wildman–Crippen LogP) is 1.84. The van der Waals surface area contributed by atoms with E-state index in [1.54, 1.807) is 0 Å². The Morgan fingerprint density at radius 1 is 1.27 bits per heavy atom. The minimum absolute atomic E-state index is 0.539. The lowest BCUT2D eigenvalue weighted by molar-refractivity contribution is 0.0652. The van der Waals surface area contributed by atoms with E-state index >= 15 is 0 Å². The van der Waals surface area contributed by atoms with Crippen LogP contribution < -0.4 is 5.73 Å². The zero-order valence-corrected chi connectivity index (χ0v) is 10.1. The van der Waals surface area contributed by atoms with E-state index in [-0.39, 0.29) is 0 Å². The SMILES string of the molecule is CC(C)N1CCC2(CC1)CC1CC1C2N. The summed E-state index contributed by atoms with van der Waals surface area (Å²) in [5.41, 5.74) is 6.99. The molecule has 0 aromatic rings. The van der Waals surface area contributed by atoms with Crippen LogP contribution in [0.4, 0.5) is 0 Å². The second-order valence-corrected chi connectivity index (χ2v) is 6.38. The van der Waals surface area contributed by atoms with Crippen molar-refractivity contribution in [3.63, 3.8) is 0 Å². The highest BCUT2D eigenvalue weighted by atomic mass is 15.2. The van der Waals surface area contributed by atoms with Crippen LogP contribution in [-0.4, -0.2) is 30.1 Å². The molecule has 1 heterocycles. The monoisotopic (exact) mass is 208 g/mol. The normalized spacial score (nSPS) is 43.6. The van der Waals surface area contributed by atoms with Gasteiger partial charge in [-0.05, 0) is 69.9 Å². The van der Waals surface area contributed by atoms with Gasteiger partial charge in [-0.15, -0.1) is 0 Å². The molecule has 15 heavy (non-hydrogen) atoms. The quantitative estimate of drug-likeness (QED) is 0.712. The molecule has 3 unspecified atom stereocenters. The van der Waals surface area contributed by atoms with E-state index in [1.807, 2.05) is 0 Å². The lowest BCUT2D eigenvalue weighted by Crippen LogP contribution is -2.50. The molecule has 1 spiro atoms. The molecular formula is C13H24N2. The molecule has 0 bridgehead atoms. The Morgan fingerprint density at radius 3 is 2.40 bits per heavy atom. The molecule has 1 saturated heterocycles. The highest BCUT2D eigenvalue weighted by Crippen LogP contribution is 2.62. The van der Waals surface area contributed by atoms with Crippen molar-refractivity contribution >= 4 is 0 Å². The zero-order chi connectivity index (χ0) is 10.6. The number of nitrogens with zero attached hydrogens (tertiary/aromatic N) is 1. The van der Waals surface area contributed by atoms with Gasteiger partial charge >= 0.3 is 0 Å². The lowest BCUT2D eigenvalue weighted by Gasteiger charge is -2.44. The van der Waals surface area contributed by atoms with Crippen LogP contribution in [0.25, 0.3) is 0 Å². The number of likely N-dealkylation sites (tertiary alicyclic amines) is 1. The molecule has 0 aromatic carbocycles. The molecule has 0 radical (unpaired) electrons. The number of piperidine rings is 1. The van der Waals surface area contributed by atoms with Crippen LogP contribution in [-0.2, 0) is 0 Å². The van der Waals surface area contributed by atoms with Crippen molar-refractivity contribution in [3.8, 4) is 0 Å². The molecule has 2 N–H and O–H groups in total. The topological polar surface area (TPSA) is 29.3 Å². The summed E-state index contributed by atoms with van der Waals surface area (Å²) in [5.74, 6) is 1.93. The first-order chi connectivity index (χ1) is 7.12. The fourth-order valence-electron chi connectivity index (χ4n) is 4.08. The molecule has 0 aromatic heterocycles. The standard InChI is InChI=1S/C13H24N2/c1-9(2)15-5-3-13(4-6-15)8-10-7-11(10)12(13)14/h9-12H,3-8,14H2,1-2H3. The second kappa shape index (κ2) is 3.21. The number of nitrogens with two attached hydrogens (primary N) is 1. The molecule has 3 aliphatic rings. The summed E-state index contributed by atoms with van der Waals surface area (Å²) >= 11 is 0. The molecule has 1 aliphatic heterocycles. The maximum Gasteiger partial charge on any atom is 0.0128 e. The van der Waals surface area contributed by atoms with Crippen molar-refractivity contribution in [3.05, 3.63) is 0 Å². The van der Waals surface area contributed by atoms with Crippen molar-refractivity contribution in [1.29, 1.82) is 0 Å². The lowest BCUT2D eigenvalue weighted by atomic mass is 9.71. The van der Waals surface area contributed by atoms with Gasteiger partial charge in [0.2, 0.25) is 0 Å². The molecule has 2 nitrogen and oxygen atoms in total. The third-order valence-electron chi connectivity index (χ3n) is 5.34. The van der Waals surface area contributed by atoms with Crippen molar-refractivity contribution in [1.82, 2.24) is 4.90 Å². The maximum atomic E-state index is 6.43. The van der Waals surface area contributed by atoms with E-state index in [0.717, 1.165) is 17.9 Å². The fourth-order valence-corrected chi connectivity index (χ4v) is 4.08. The Morgan fingerprint density at radius 2 is 1.93 bits per heavy atom. The van der Waals surface area contributed by atoms with Gasteiger partial charge in [0, 0.05) is 12.1 Å². The number of rotatable bonds is 1. The van der Waals surface area contributed by atoms with Gasteiger partial charge in [-0.2, -0.15) is 0 Å². The van der Waals surface area contributed by atoms with Crippen molar-refractivity contribution in [2.24, 2.45) is 23.0 Å². The zero-order valence-electron chi connectivity index (χ0n) is 10.1. The first-order valence-corrected chi connectivity index (χ1v) is 6.62. The van der Waals surface area contributed by atoms with E-state index in [1.165, 1.54) is 38.8 Å². The van der Waals surface area contributed by atoms with E-state index < -0.39 is 0 Å². The Labute approximate surface area is 93.2 Å². The van der Waals surface area contributed by atoms with Crippen molar-refractivity contribution in [2.75, 3.05) is 13.1 Å². The molecule has 86 valence electrons. The van der Waals surface area contributed by atoms with E-state index in [0.29, 0.717) is 11.5 Å². The largest absolute Gasteiger partial charge is 0.327 e. The highest BCUT2D eigenvalue weighted by Gasteiger charge is 2.59. The molecule has 2 aliphatic carbocycles. The molecule has 3 fully saturated rings. The van der Waals surface area contributed by atoms with Gasteiger partial charge in [-0.25, -0.2) is 0 Å². The minimum Gasteiger partial charge on any atom is -0.327 e. The Hall–Kier alpha value is -0.0800. The van der Waals surface area contributed by atoms with Crippen LogP contribution in [0.5, 0.6) is 0 Å². The van der Waals surface area contributed by atoms with Gasteiger partial charge in [-0.3, -0.25) is 0 Å². The van der Waals surface area contributed by atoms with Crippen LogP contribution >= 0.6 is 0 Å². The van der Waals surface area contributed by atoms with Gasteiger partial charge in [0.15, 0.2) is 0 Å². The summed E-state index contributed by atoms with van der Waals surface area (Å²) < 4.78 is 0. The average molecular weight is 208 g/mol. The van der Waals surface area contributed by atoms with Crippen molar-refractivity contribution in [2.45, 2.75) is 51.6 Å². The van der Waals surface area contributed by atoms with Gasteiger partial charge in [0.25, 0.3) is 0 Å². The molecule has 3 rings (SSSR count). The molecule has 2 heteroatoms. The number of hydrogen-bond acceptors (Lipinski definition) is 2. The van der Waals surface area contributed by atoms with Crippen LogP contribution in [0.3, 0.4) is 0 Å². The number of hydrogen-bond donors (Lipinski definition) is 1. The van der Waals surface area contributed by atoms with Crippen LogP contribution in [0.1, 0.15) is 39.5 Å². The smallest absolute Gasteiger partial charge is 0.0128 e. The summed E-state index contributed by atoms with van der Waals surface area (Å²) in [6.07, 6.45) is 5.61. The van der Waals surface area contributed by atoms with Crippen molar-refractivity contribution < 1.29 is 0 Å². The maximum absolute atomic E-state index is 6.43. The van der Waals surface area contributed by atoms with Crippen LogP contribution in [0, 0.1) is 17.3 Å². The third-order valence-corrected chi connectivity index (χ3v) is 5.34. The summed E-state index contributed by atoms with van der Waals surface area (Å²) in [5, 5.41) is 0. The summed E-state index contributed by atoms with van der Waals surface area (Å²) in [6.45, 7) is 7.18. The summed E-state index contributed by atoms with van der Waals surface area (Å²) in [7, 11) is 0.